The molecule has 0 unspecified atom stereocenters. The van der Waals surface area contributed by atoms with Crippen molar-refractivity contribution in [2.45, 2.75) is 18.2 Å². The number of nitrogens with two attached hydrogens (primary N) is 1. The molecule has 0 fully saturated rings. The first-order valence-electron chi connectivity index (χ1n) is 5.25. The second-order valence-corrected chi connectivity index (χ2v) is 7.17. The van der Waals surface area contributed by atoms with Crippen LogP contribution in [0.1, 0.15) is 18.5 Å². The van der Waals surface area contributed by atoms with Gasteiger partial charge in [-0.05, 0) is 17.7 Å². The van der Waals surface area contributed by atoms with Gasteiger partial charge < -0.3 is 10.8 Å². The molecule has 0 saturated carbocycles. The Kier molecular flexibility index (Phi) is 5.12. The third-order valence-electron chi connectivity index (χ3n) is 2.70. The lowest BCUT2D eigenvalue weighted by molar-refractivity contribution is 0.277. The fourth-order valence-corrected chi connectivity index (χ4v) is 3.09. The molecule has 0 aliphatic carbocycles. The molecule has 0 bridgehead atoms. The zero-order chi connectivity index (χ0) is 13.1. The van der Waals surface area contributed by atoms with Crippen LogP contribution in [0.4, 0.5) is 0 Å². The molecule has 6 heteroatoms. The highest BCUT2D eigenvalue weighted by Gasteiger charge is 2.30. The summed E-state index contributed by atoms with van der Waals surface area (Å²) in [5, 5.41) is 8.26. The first kappa shape index (κ1) is 14.6. The molecule has 17 heavy (non-hydrogen) atoms. The van der Waals surface area contributed by atoms with Crippen molar-refractivity contribution in [3.63, 3.8) is 0 Å². The highest BCUT2D eigenvalue weighted by atomic mass is 79.9. The normalized spacial score (nSPS) is 15.5. The molecular weight excluding hydrogens is 306 g/mol. The van der Waals surface area contributed by atoms with Gasteiger partial charge >= 0.3 is 0 Å². The average molecular weight is 322 g/mol. The van der Waals surface area contributed by atoms with Crippen LogP contribution in [0.25, 0.3) is 0 Å². The zero-order valence-corrected chi connectivity index (χ0v) is 11.9. The second kappa shape index (κ2) is 5.95. The minimum atomic E-state index is -3.35. The molecule has 0 aliphatic heterocycles. The molecule has 0 saturated heterocycles. The van der Waals surface area contributed by atoms with E-state index in [0.29, 0.717) is 5.56 Å². The molecule has 0 aliphatic rings. The van der Waals surface area contributed by atoms with Gasteiger partial charge in [0.1, 0.15) is 5.25 Å². The predicted molar refractivity (Wildman–Crippen MR) is 71.4 cm³/mol. The van der Waals surface area contributed by atoms with E-state index < -0.39 is 27.7 Å². The summed E-state index contributed by atoms with van der Waals surface area (Å²) in [5.41, 5.74) is 6.61. The first-order chi connectivity index (χ1) is 7.92. The fraction of sp³-hybridized carbons (Fsp3) is 0.455. The summed E-state index contributed by atoms with van der Waals surface area (Å²) in [4.78, 5) is 0. The third kappa shape index (κ3) is 3.51. The van der Waals surface area contributed by atoms with Crippen LogP contribution in [0.15, 0.2) is 28.7 Å². The van der Waals surface area contributed by atoms with E-state index in [-0.39, 0.29) is 5.75 Å². The number of sulfone groups is 1. The lowest BCUT2D eigenvalue weighted by atomic mass is 10.1. The Bertz CT molecular complexity index is 458. The van der Waals surface area contributed by atoms with Gasteiger partial charge in [0.05, 0.1) is 6.61 Å². The molecule has 0 amide bonds. The van der Waals surface area contributed by atoms with Crippen molar-refractivity contribution >= 4 is 25.8 Å². The van der Waals surface area contributed by atoms with E-state index in [9.17, 15) is 13.5 Å². The van der Waals surface area contributed by atoms with E-state index in [1.807, 2.05) is 0 Å². The Morgan fingerprint density at radius 3 is 2.29 bits per heavy atom. The van der Waals surface area contributed by atoms with Crippen molar-refractivity contribution in [3.8, 4) is 0 Å². The van der Waals surface area contributed by atoms with Crippen molar-refractivity contribution in [1.82, 2.24) is 0 Å². The van der Waals surface area contributed by atoms with E-state index in [4.69, 9.17) is 5.73 Å². The van der Waals surface area contributed by atoms with Crippen LogP contribution < -0.4 is 5.73 Å². The van der Waals surface area contributed by atoms with Crippen LogP contribution in [0, 0.1) is 0 Å². The highest BCUT2D eigenvalue weighted by Crippen LogP contribution is 2.22. The number of aliphatic hydroxyl groups excluding tert-OH is 1. The zero-order valence-electron chi connectivity index (χ0n) is 9.51. The maximum Gasteiger partial charge on any atom is 0.157 e. The van der Waals surface area contributed by atoms with E-state index in [1.54, 1.807) is 31.2 Å². The van der Waals surface area contributed by atoms with E-state index in [2.05, 4.69) is 15.9 Å². The quantitative estimate of drug-likeness (QED) is 0.855. The standard InChI is InChI=1S/C11H16BrNO3S/c1-2-17(15,16)10(7-14)11(13)8-3-5-9(12)6-4-8/h3-6,10-11,14H,2,7,13H2,1H3/t10-,11-/m0/s1. The van der Waals surface area contributed by atoms with Crippen molar-refractivity contribution < 1.29 is 13.5 Å². The Hall–Kier alpha value is -0.430. The number of rotatable bonds is 5. The van der Waals surface area contributed by atoms with Crippen LogP contribution in [0.3, 0.4) is 0 Å². The average Bonchev–Trinajstić information content (AvgIpc) is 2.30. The second-order valence-electron chi connectivity index (χ2n) is 3.75. The number of hydrogen-bond acceptors (Lipinski definition) is 4. The highest BCUT2D eigenvalue weighted by molar-refractivity contribution is 9.10. The smallest absolute Gasteiger partial charge is 0.157 e. The first-order valence-corrected chi connectivity index (χ1v) is 7.76. The number of halogens is 1. The molecule has 1 aromatic carbocycles. The van der Waals surface area contributed by atoms with E-state index in [1.165, 1.54) is 0 Å². The Balaban J connectivity index is 3.02. The molecule has 0 radical (unpaired) electrons. The van der Waals surface area contributed by atoms with Gasteiger partial charge in [0.25, 0.3) is 0 Å². The van der Waals surface area contributed by atoms with Crippen LogP contribution in [-0.4, -0.2) is 31.1 Å². The Morgan fingerprint density at radius 1 is 1.35 bits per heavy atom. The summed E-state index contributed by atoms with van der Waals surface area (Å²) >= 11 is 3.29. The van der Waals surface area contributed by atoms with Gasteiger partial charge in [-0.25, -0.2) is 8.42 Å². The minimum absolute atomic E-state index is 0.0253. The van der Waals surface area contributed by atoms with Gasteiger partial charge in [-0.1, -0.05) is 35.0 Å². The molecule has 0 heterocycles. The van der Waals surface area contributed by atoms with Crippen molar-refractivity contribution in [2.75, 3.05) is 12.4 Å². The molecule has 0 spiro atoms. The Morgan fingerprint density at radius 2 is 1.88 bits per heavy atom. The molecular formula is C11H16BrNO3S. The van der Waals surface area contributed by atoms with Crippen molar-refractivity contribution in [2.24, 2.45) is 5.73 Å². The maximum absolute atomic E-state index is 11.8. The predicted octanol–water partition coefficient (Wildman–Crippen LogP) is 1.24. The van der Waals surface area contributed by atoms with Crippen LogP contribution in [0.5, 0.6) is 0 Å². The van der Waals surface area contributed by atoms with Crippen LogP contribution >= 0.6 is 15.9 Å². The van der Waals surface area contributed by atoms with Gasteiger partial charge in [-0.3, -0.25) is 0 Å². The van der Waals surface area contributed by atoms with E-state index in [0.717, 1.165) is 4.47 Å². The summed E-state index contributed by atoms with van der Waals surface area (Å²) < 4.78 is 24.4. The van der Waals surface area contributed by atoms with Crippen LogP contribution in [0.2, 0.25) is 0 Å². The SMILES string of the molecule is CCS(=O)(=O)[C@@H](CO)[C@@H](N)c1ccc(Br)cc1. The maximum atomic E-state index is 11.8. The van der Waals surface area contributed by atoms with Gasteiger partial charge in [-0.15, -0.1) is 0 Å². The summed E-state index contributed by atoms with van der Waals surface area (Å²) in [7, 11) is -3.35. The van der Waals surface area contributed by atoms with Gasteiger partial charge in [0, 0.05) is 16.3 Å². The van der Waals surface area contributed by atoms with Crippen molar-refractivity contribution in [1.29, 1.82) is 0 Å². The van der Waals surface area contributed by atoms with E-state index >= 15 is 0 Å². The molecule has 1 aromatic rings. The van der Waals surface area contributed by atoms with Gasteiger partial charge in [-0.2, -0.15) is 0 Å². The van der Waals surface area contributed by atoms with Gasteiger partial charge in [0.2, 0.25) is 0 Å². The van der Waals surface area contributed by atoms with Crippen molar-refractivity contribution in [3.05, 3.63) is 34.3 Å². The fourth-order valence-electron chi connectivity index (χ4n) is 1.56. The number of aliphatic hydroxyl groups is 1. The molecule has 1 rings (SSSR count). The van der Waals surface area contributed by atoms with Gasteiger partial charge in [0.15, 0.2) is 9.84 Å². The molecule has 4 nitrogen and oxygen atoms in total. The topological polar surface area (TPSA) is 80.4 Å². The number of benzene rings is 1. The largest absolute Gasteiger partial charge is 0.395 e. The lowest BCUT2D eigenvalue weighted by Gasteiger charge is -2.21. The molecule has 96 valence electrons. The number of hydrogen-bond donors (Lipinski definition) is 2. The minimum Gasteiger partial charge on any atom is -0.395 e. The Labute approximate surface area is 110 Å². The summed E-state index contributed by atoms with van der Waals surface area (Å²) in [6.07, 6.45) is 0. The summed E-state index contributed by atoms with van der Waals surface area (Å²) in [5.74, 6) is -0.0253. The summed E-state index contributed by atoms with van der Waals surface area (Å²) in [6, 6.07) is 6.38. The third-order valence-corrected chi connectivity index (χ3v) is 5.40. The summed E-state index contributed by atoms with van der Waals surface area (Å²) in [6.45, 7) is 1.08. The molecule has 3 N–H and O–H groups in total. The molecule has 0 aromatic heterocycles. The molecule has 2 atom stereocenters. The monoisotopic (exact) mass is 321 g/mol. The lowest BCUT2D eigenvalue weighted by Crippen LogP contribution is -2.37. The van der Waals surface area contributed by atoms with Crippen LogP contribution in [-0.2, 0) is 9.84 Å².